The molecule has 148 valence electrons. The van der Waals surface area contributed by atoms with Gasteiger partial charge < -0.3 is 9.64 Å². The molecule has 1 aliphatic rings. The van der Waals surface area contributed by atoms with Crippen LogP contribution in [0.2, 0.25) is 0 Å². The van der Waals surface area contributed by atoms with Gasteiger partial charge in [0.2, 0.25) is 0 Å². The molecule has 0 amide bonds. The van der Waals surface area contributed by atoms with Crippen molar-refractivity contribution in [3.8, 4) is 5.75 Å². The third kappa shape index (κ3) is 4.02. The molecular formula is C20H26N6OS. The summed E-state index contributed by atoms with van der Waals surface area (Å²) < 4.78 is 7.32. The van der Waals surface area contributed by atoms with Gasteiger partial charge in [-0.15, -0.1) is 16.4 Å². The Morgan fingerprint density at radius 3 is 2.71 bits per heavy atom. The third-order valence-electron chi connectivity index (χ3n) is 5.30. The highest BCUT2D eigenvalue weighted by atomic mass is 32.1. The summed E-state index contributed by atoms with van der Waals surface area (Å²) in [5.41, 5.74) is 1.22. The first kappa shape index (κ1) is 18.9. The lowest BCUT2D eigenvalue weighted by Gasteiger charge is -2.39. The summed E-state index contributed by atoms with van der Waals surface area (Å²) >= 11 is 1.74. The van der Waals surface area contributed by atoms with Crippen LogP contribution in [0.15, 0.2) is 41.8 Å². The maximum atomic E-state index is 5.37. The Morgan fingerprint density at radius 2 is 2.00 bits per heavy atom. The molecule has 0 saturated carbocycles. The molecule has 1 aromatic carbocycles. The molecule has 1 atom stereocenters. The van der Waals surface area contributed by atoms with Gasteiger partial charge in [-0.25, -0.2) is 4.68 Å². The molecule has 4 rings (SSSR count). The lowest BCUT2D eigenvalue weighted by atomic mass is 10.1. The first-order valence-corrected chi connectivity index (χ1v) is 10.6. The van der Waals surface area contributed by atoms with E-state index in [0.29, 0.717) is 0 Å². The van der Waals surface area contributed by atoms with Gasteiger partial charge in [0.1, 0.15) is 5.75 Å². The number of anilines is 1. The number of hydrogen-bond acceptors (Lipinski definition) is 7. The molecule has 1 fully saturated rings. The van der Waals surface area contributed by atoms with Crippen LogP contribution in [0, 0.1) is 0 Å². The predicted octanol–water partition coefficient (Wildman–Crippen LogP) is 3.06. The second-order valence-electron chi connectivity index (χ2n) is 6.92. The highest BCUT2D eigenvalue weighted by molar-refractivity contribution is 7.09. The van der Waals surface area contributed by atoms with Crippen LogP contribution < -0.4 is 9.64 Å². The Hall–Kier alpha value is -2.45. The number of tetrazole rings is 1. The smallest absolute Gasteiger partial charge is 0.168 e. The van der Waals surface area contributed by atoms with Crippen LogP contribution in [-0.2, 0) is 6.54 Å². The van der Waals surface area contributed by atoms with Crippen LogP contribution in [0.3, 0.4) is 0 Å². The maximum Gasteiger partial charge on any atom is 0.168 e. The Labute approximate surface area is 169 Å². The number of benzene rings is 1. The van der Waals surface area contributed by atoms with Crippen molar-refractivity contribution < 1.29 is 4.74 Å². The summed E-state index contributed by atoms with van der Waals surface area (Å²) in [5, 5.41) is 14.7. The van der Waals surface area contributed by atoms with E-state index in [2.05, 4.69) is 61.9 Å². The Balaban J connectivity index is 1.44. The highest BCUT2D eigenvalue weighted by Crippen LogP contribution is 2.27. The molecule has 0 spiro atoms. The van der Waals surface area contributed by atoms with E-state index in [4.69, 9.17) is 4.74 Å². The topological polar surface area (TPSA) is 59.3 Å². The van der Waals surface area contributed by atoms with Gasteiger partial charge in [-0.3, -0.25) is 4.90 Å². The molecule has 28 heavy (non-hydrogen) atoms. The largest absolute Gasteiger partial charge is 0.497 e. The standard InChI is InChI=1S/C20H26N6OS/c1-3-19(20-21-22-23-26(20)15-18-8-5-13-28-18)25-11-9-24(10-12-25)16-6-4-7-17(14-16)27-2/h4-8,13-14,19H,3,9-12,15H2,1-2H3/t19-/m0/s1. The first-order chi connectivity index (χ1) is 13.8. The van der Waals surface area contributed by atoms with Crippen LogP contribution in [-0.4, -0.2) is 58.4 Å². The summed E-state index contributed by atoms with van der Waals surface area (Å²) in [4.78, 5) is 6.19. The SMILES string of the molecule is CC[C@@H](c1nnnn1Cc1cccs1)N1CCN(c2cccc(OC)c2)CC1. The molecule has 1 saturated heterocycles. The average Bonchev–Trinajstić information content (AvgIpc) is 3.42. The number of hydrogen-bond donors (Lipinski definition) is 0. The van der Waals surface area contributed by atoms with Crippen molar-refractivity contribution in [2.24, 2.45) is 0 Å². The van der Waals surface area contributed by atoms with Crippen molar-refractivity contribution in [1.29, 1.82) is 0 Å². The first-order valence-electron chi connectivity index (χ1n) is 9.70. The van der Waals surface area contributed by atoms with E-state index in [1.54, 1.807) is 18.4 Å². The van der Waals surface area contributed by atoms with Gasteiger partial charge in [0.15, 0.2) is 5.82 Å². The molecule has 0 unspecified atom stereocenters. The molecule has 0 radical (unpaired) electrons. The molecule has 0 N–H and O–H groups in total. The Bertz CT molecular complexity index is 872. The summed E-state index contributed by atoms with van der Waals surface area (Å²) in [5.74, 6) is 1.87. The zero-order chi connectivity index (χ0) is 19.3. The zero-order valence-electron chi connectivity index (χ0n) is 16.4. The average molecular weight is 399 g/mol. The number of thiophene rings is 1. The van der Waals surface area contributed by atoms with Crippen LogP contribution in [0.5, 0.6) is 5.75 Å². The van der Waals surface area contributed by atoms with Gasteiger partial charge in [0, 0.05) is 42.8 Å². The second kappa shape index (κ2) is 8.70. The second-order valence-corrected chi connectivity index (χ2v) is 7.95. The predicted molar refractivity (Wildman–Crippen MR) is 111 cm³/mol. The highest BCUT2D eigenvalue weighted by Gasteiger charge is 2.28. The summed E-state index contributed by atoms with van der Waals surface area (Å²) in [6.45, 7) is 6.89. The van der Waals surface area contributed by atoms with Gasteiger partial charge in [0.05, 0.1) is 19.7 Å². The van der Waals surface area contributed by atoms with Crippen molar-refractivity contribution in [3.05, 3.63) is 52.5 Å². The van der Waals surface area contributed by atoms with Crippen LogP contribution in [0.25, 0.3) is 0 Å². The lowest BCUT2D eigenvalue weighted by Crippen LogP contribution is -2.48. The van der Waals surface area contributed by atoms with Crippen LogP contribution in [0.4, 0.5) is 5.69 Å². The normalized spacial score (nSPS) is 16.3. The van der Waals surface area contributed by atoms with E-state index in [1.807, 2.05) is 16.8 Å². The molecule has 3 heterocycles. The minimum absolute atomic E-state index is 0.238. The molecule has 1 aliphatic heterocycles. The van der Waals surface area contributed by atoms with Crippen molar-refractivity contribution >= 4 is 17.0 Å². The fourth-order valence-electron chi connectivity index (χ4n) is 3.82. The van der Waals surface area contributed by atoms with Crippen LogP contribution in [0.1, 0.15) is 30.1 Å². The van der Waals surface area contributed by atoms with Crippen molar-refractivity contribution in [3.63, 3.8) is 0 Å². The molecule has 8 heteroatoms. The summed E-state index contributed by atoms with van der Waals surface area (Å²) in [7, 11) is 1.71. The number of methoxy groups -OCH3 is 1. The molecule has 0 aliphatic carbocycles. The van der Waals surface area contributed by atoms with Gasteiger partial charge in [-0.1, -0.05) is 19.1 Å². The number of ether oxygens (including phenoxy) is 1. The quantitative estimate of drug-likeness (QED) is 0.610. The molecular weight excluding hydrogens is 372 g/mol. The van der Waals surface area contributed by atoms with E-state index in [-0.39, 0.29) is 6.04 Å². The third-order valence-corrected chi connectivity index (χ3v) is 6.16. The molecule has 7 nitrogen and oxygen atoms in total. The summed E-state index contributed by atoms with van der Waals surface area (Å²) in [6, 6.07) is 12.7. The van der Waals surface area contributed by atoms with Gasteiger partial charge in [-0.05, 0) is 40.4 Å². The fraction of sp³-hybridized carbons (Fsp3) is 0.450. The van der Waals surface area contributed by atoms with E-state index in [0.717, 1.165) is 50.7 Å². The number of piperazine rings is 1. The minimum atomic E-state index is 0.238. The van der Waals surface area contributed by atoms with Crippen molar-refractivity contribution in [2.75, 3.05) is 38.2 Å². The van der Waals surface area contributed by atoms with Gasteiger partial charge >= 0.3 is 0 Å². The number of rotatable bonds is 7. The molecule has 2 aromatic heterocycles. The lowest BCUT2D eigenvalue weighted by molar-refractivity contribution is 0.169. The van der Waals surface area contributed by atoms with Gasteiger partial charge in [0.25, 0.3) is 0 Å². The maximum absolute atomic E-state index is 5.37. The Kier molecular flexibility index (Phi) is 5.87. The Morgan fingerprint density at radius 1 is 1.14 bits per heavy atom. The monoisotopic (exact) mass is 398 g/mol. The fourth-order valence-corrected chi connectivity index (χ4v) is 4.50. The van der Waals surface area contributed by atoms with E-state index >= 15 is 0 Å². The molecule has 3 aromatic rings. The van der Waals surface area contributed by atoms with Crippen LogP contribution >= 0.6 is 11.3 Å². The minimum Gasteiger partial charge on any atom is -0.497 e. The van der Waals surface area contributed by atoms with E-state index < -0.39 is 0 Å². The van der Waals surface area contributed by atoms with Gasteiger partial charge in [-0.2, -0.15) is 0 Å². The molecule has 0 bridgehead atoms. The number of nitrogens with zero attached hydrogens (tertiary/aromatic N) is 6. The van der Waals surface area contributed by atoms with E-state index in [9.17, 15) is 0 Å². The summed E-state index contributed by atoms with van der Waals surface area (Å²) in [6.07, 6.45) is 0.990. The van der Waals surface area contributed by atoms with Crippen molar-refractivity contribution in [2.45, 2.75) is 25.9 Å². The zero-order valence-corrected chi connectivity index (χ0v) is 17.2. The van der Waals surface area contributed by atoms with Crippen molar-refractivity contribution in [1.82, 2.24) is 25.1 Å². The number of aromatic nitrogens is 4. The van der Waals surface area contributed by atoms with E-state index in [1.165, 1.54) is 10.6 Å².